The van der Waals surface area contributed by atoms with Gasteiger partial charge in [-0.1, -0.05) is 103 Å². The first-order valence-corrected chi connectivity index (χ1v) is 11.9. The van der Waals surface area contributed by atoms with Crippen LogP contribution in [0, 0.1) is 0 Å². The maximum Gasteiger partial charge on any atom is 0.199 e. The summed E-state index contributed by atoms with van der Waals surface area (Å²) in [6.45, 7) is 0.703. The van der Waals surface area contributed by atoms with Gasteiger partial charge in [-0.05, 0) is 40.1 Å². The second kappa shape index (κ2) is 9.39. The lowest BCUT2D eigenvalue weighted by Crippen LogP contribution is -2.09. The molecular formula is C30H25N5. The number of tetrazole rings is 1. The second-order valence-corrected chi connectivity index (χ2v) is 8.64. The summed E-state index contributed by atoms with van der Waals surface area (Å²) in [6, 6.07) is 40.2. The van der Waals surface area contributed by atoms with E-state index < -0.39 is 0 Å². The first-order chi connectivity index (χ1) is 17.4. The van der Waals surface area contributed by atoms with Crippen molar-refractivity contribution in [2.24, 2.45) is 0 Å². The Morgan fingerprint density at radius 3 is 1.91 bits per heavy atom. The molecule has 0 atom stereocenters. The van der Waals surface area contributed by atoms with Crippen LogP contribution < -0.4 is 0 Å². The highest BCUT2D eigenvalue weighted by atomic mass is 15.5. The molecular weight excluding hydrogens is 430 g/mol. The van der Waals surface area contributed by atoms with Gasteiger partial charge in [0.05, 0.1) is 0 Å². The molecule has 0 spiro atoms. The largest absolute Gasteiger partial charge is 0.309 e. The Bertz CT molecular complexity index is 1550. The van der Waals surface area contributed by atoms with Gasteiger partial charge in [-0.25, -0.2) is 4.68 Å². The Balaban J connectivity index is 1.54. The molecule has 4 aromatic carbocycles. The molecule has 2 heterocycles. The lowest BCUT2D eigenvalue weighted by Gasteiger charge is -2.14. The van der Waals surface area contributed by atoms with E-state index in [1.165, 1.54) is 22.2 Å². The number of para-hydroxylation sites is 1. The second-order valence-electron chi connectivity index (χ2n) is 8.64. The number of hydrogen-bond donors (Lipinski definition) is 0. The Labute approximate surface area is 204 Å². The van der Waals surface area contributed by atoms with E-state index in [1.807, 2.05) is 16.8 Å². The zero-order valence-electron chi connectivity index (χ0n) is 19.3. The van der Waals surface area contributed by atoms with Crippen molar-refractivity contribution < 1.29 is 0 Å². The van der Waals surface area contributed by atoms with Crippen molar-refractivity contribution in [3.63, 3.8) is 0 Å². The van der Waals surface area contributed by atoms with Crippen LogP contribution >= 0.6 is 0 Å². The van der Waals surface area contributed by atoms with Crippen molar-refractivity contribution in [3.05, 3.63) is 132 Å². The van der Waals surface area contributed by atoms with Crippen LogP contribution in [-0.2, 0) is 19.4 Å². The highest BCUT2D eigenvalue weighted by molar-refractivity contribution is 5.98. The maximum absolute atomic E-state index is 4.54. The van der Waals surface area contributed by atoms with Crippen LogP contribution in [0.2, 0.25) is 0 Å². The third-order valence-corrected chi connectivity index (χ3v) is 6.41. The zero-order chi connectivity index (χ0) is 23.5. The van der Waals surface area contributed by atoms with Crippen LogP contribution in [0.15, 0.2) is 115 Å². The smallest absolute Gasteiger partial charge is 0.199 e. The summed E-state index contributed by atoms with van der Waals surface area (Å²) in [5.74, 6) is 0.778. The maximum atomic E-state index is 4.54. The van der Waals surface area contributed by atoms with E-state index in [1.54, 1.807) is 0 Å². The van der Waals surface area contributed by atoms with E-state index in [4.69, 9.17) is 0 Å². The summed E-state index contributed by atoms with van der Waals surface area (Å²) < 4.78 is 4.27. The molecule has 0 aliphatic heterocycles. The molecule has 0 aliphatic carbocycles. The van der Waals surface area contributed by atoms with Crippen molar-refractivity contribution in [1.29, 1.82) is 0 Å². The first kappa shape index (κ1) is 21.1. The minimum absolute atomic E-state index is 0.703. The van der Waals surface area contributed by atoms with E-state index in [9.17, 15) is 0 Å². The minimum Gasteiger partial charge on any atom is -0.309 e. The Morgan fingerprint density at radius 1 is 0.600 bits per heavy atom. The predicted molar refractivity (Wildman–Crippen MR) is 139 cm³/mol. The van der Waals surface area contributed by atoms with Gasteiger partial charge in [-0.15, -0.1) is 5.10 Å². The van der Waals surface area contributed by atoms with Crippen molar-refractivity contribution >= 4 is 10.8 Å². The van der Waals surface area contributed by atoms with Crippen LogP contribution in [0.5, 0.6) is 0 Å². The third kappa shape index (κ3) is 4.13. The Kier molecular flexibility index (Phi) is 5.65. The topological polar surface area (TPSA) is 48.5 Å². The molecule has 0 N–H and O–H groups in total. The van der Waals surface area contributed by atoms with E-state index in [0.29, 0.717) is 6.54 Å². The van der Waals surface area contributed by atoms with Gasteiger partial charge in [0.2, 0.25) is 0 Å². The summed E-state index contributed by atoms with van der Waals surface area (Å²) in [7, 11) is 0. The standard InChI is InChI=1S/C30H25N5/c1-4-12-23(13-5-1)20-21-34-30(31-32-33-34)29-27-19-11-10-18-26(27)28(22-24-14-6-2-7-15-24)35(29)25-16-8-3-9-17-25/h1-19H,20-22H2. The van der Waals surface area contributed by atoms with Crippen molar-refractivity contribution in [1.82, 2.24) is 24.8 Å². The van der Waals surface area contributed by atoms with Crippen molar-refractivity contribution in [2.75, 3.05) is 0 Å². The van der Waals surface area contributed by atoms with Crippen LogP contribution in [0.25, 0.3) is 28.0 Å². The summed E-state index contributed by atoms with van der Waals surface area (Å²) in [4.78, 5) is 0. The van der Waals surface area contributed by atoms with E-state index in [-0.39, 0.29) is 0 Å². The molecule has 0 radical (unpaired) electrons. The zero-order valence-corrected chi connectivity index (χ0v) is 19.3. The average molecular weight is 456 g/mol. The number of rotatable bonds is 7. The molecule has 2 aromatic heterocycles. The van der Waals surface area contributed by atoms with Gasteiger partial charge >= 0.3 is 0 Å². The van der Waals surface area contributed by atoms with Crippen LogP contribution in [0.1, 0.15) is 16.8 Å². The SMILES string of the molecule is c1ccc(CCn2nnnc2-c2c3ccccc3c(Cc3ccccc3)n2-c2ccccc2)cc1. The quantitative estimate of drug-likeness (QED) is 0.291. The molecule has 0 saturated carbocycles. The lowest BCUT2D eigenvalue weighted by atomic mass is 10.1. The fraction of sp³-hybridized carbons (Fsp3) is 0.100. The molecule has 0 bridgehead atoms. The predicted octanol–water partition coefficient (Wildman–Crippen LogP) is 6.12. The molecule has 170 valence electrons. The van der Waals surface area contributed by atoms with Gasteiger partial charge in [-0.2, -0.15) is 0 Å². The average Bonchev–Trinajstić information content (AvgIpc) is 3.51. The van der Waals surface area contributed by atoms with Crippen LogP contribution in [0.3, 0.4) is 0 Å². The molecule has 5 heteroatoms. The van der Waals surface area contributed by atoms with E-state index >= 15 is 0 Å². The molecule has 35 heavy (non-hydrogen) atoms. The van der Waals surface area contributed by atoms with Crippen molar-refractivity contribution in [2.45, 2.75) is 19.4 Å². The molecule has 6 rings (SSSR count). The summed E-state index contributed by atoms with van der Waals surface area (Å²) >= 11 is 0. The number of aromatic nitrogens is 5. The fourth-order valence-electron chi connectivity index (χ4n) is 4.77. The van der Waals surface area contributed by atoms with Gasteiger partial charge in [0.25, 0.3) is 0 Å². The number of fused-ring (bicyclic) bond motifs is 1. The van der Waals surface area contributed by atoms with Crippen LogP contribution in [-0.4, -0.2) is 24.8 Å². The number of hydrogen-bond acceptors (Lipinski definition) is 3. The van der Waals surface area contributed by atoms with Gasteiger partial charge in [0.1, 0.15) is 5.69 Å². The summed E-state index contributed by atoms with van der Waals surface area (Å²) in [6.07, 6.45) is 1.67. The molecule has 6 aromatic rings. The highest BCUT2D eigenvalue weighted by Crippen LogP contribution is 2.36. The Hall–Kier alpha value is -4.51. The number of benzene rings is 4. The normalized spacial score (nSPS) is 11.2. The van der Waals surface area contributed by atoms with Crippen LogP contribution in [0.4, 0.5) is 0 Å². The summed E-state index contributed by atoms with van der Waals surface area (Å²) in [5.41, 5.74) is 5.88. The van der Waals surface area contributed by atoms with Gasteiger partial charge in [0, 0.05) is 35.1 Å². The fourth-order valence-corrected chi connectivity index (χ4v) is 4.77. The molecule has 5 nitrogen and oxygen atoms in total. The van der Waals surface area contributed by atoms with Gasteiger partial charge < -0.3 is 4.57 Å². The number of nitrogens with zero attached hydrogens (tertiary/aromatic N) is 5. The first-order valence-electron chi connectivity index (χ1n) is 11.9. The third-order valence-electron chi connectivity index (χ3n) is 6.41. The van der Waals surface area contributed by atoms with E-state index in [0.717, 1.165) is 35.4 Å². The Morgan fingerprint density at radius 2 is 1.20 bits per heavy atom. The summed E-state index contributed by atoms with van der Waals surface area (Å²) in [5, 5.41) is 15.4. The minimum atomic E-state index is 0.703. The van der Waals surface area contributed by atoms with Crippen molar-refractivity contribution in [3.8, 4) is 17.2 Å². The molecule has 0 aliphatic rings. The molecule has 0 amide bonds. The lowest BCUT2D eigenvalue weighted by molar-refractivity contribution is 0.592. The molecule has 0 saturated heterocycles. The van der Waals surface area contributed by atoms with Gasteiger partial charge in [0.15, 0.2) is 5.82 Å². The number of aryl methyl sites for hydroxylation is 2. The molecule has 0 fully saturated rings. The highest BCUT2D eigenvalue weighted by Gasteiger charge is 2.23. The van der Waals surface area contributed by atoms with E-state index in [2.05, 4.69) is 123 Å². The van der Waals surface area contributed by atoms with Gasteiger partial charge in [-0.3, -0.25) is 0 Å². The monoisotopic (exact) mass is 455 g/mol. The molecule has 0 unspecified atom stereocenters.